The Morgan fingerprint density at radius 2 is 1.74 bits per heavy atom. The van der Waals surface area contributed by atoms with Crippen molar-refractivity contribution in [2.75, 3.05) is 6.54 Å². The summed E-state index contributed by atoms with van der Waals surface area (Å²) in [6.07, 6.45) is 0.609. The van der Waals surface area contributed by atoms with Gasteiger partial charge in [-0.2, -0.15) is 8.78 Å². The quantitative estimate of drug-likeness (QED) is 0.856. The van der Waals surface area contributed by atoms with Crippen molar-refractivity contribution in [3.8, 4) is 0 Å². The van der Waals surface area contributed by atoms with E-state index >= 15 is 0 Å². The van der Waals surface area contributed by atoms with E-state index in [9.17, 15) is 13.6 Å². The highest BCUT2D eigenvalue weighted by molar-refractivity contribution is 5.79. The van der Waals surface area contributed by atoms with Crippen molar-refractivity contribution in [1.29, 1.82) is 0 Å². The van der Waals surface area contributed by atoms with E-state index in [1.165, 1.54) is 12.1 Å². The lowest BCUT2D eigenvalue weighted by atomic mass is 10.0. The predicted molar refractivity (Wildman–Crippen MR) is 68.9 cm³/mol. The third-order valence-corrected chi connectivity index (χ3v) is 2.40. The average Bonchev–Trinajstić information content (AvgIpc) is 2.28. The van der Waals surface area contributed by atoms with Crippen molar-refractivity contribution in [1.82, 2.24) is 0 Å². The molecule has 0 fully saturated rings. The van der Waals surface area contributed by atoms with Crippen LogP contribution in [0.25, 0.3) is 0 Å². The molecule has 106 valence electrons. The van der Waals surface area contributed by atoms with Gasteiger partial charge >= 0.3 is 11.9 Å². The number of benzene rings is 1. The van der Waals surface area contributed by atoms with Crippen LogP contribution in [-0.4, -0.2) is 18.1 Å². The van der Waals surface area contributed by atoms with Gasteiger partial charge < -0.3 is 10.5 Å². The number of esters is 1. The Morgan fingerprint density at radius 3 is 2.16 bits per heavy atom. The van der Waals surface area contributed by atoms with E-state index in [0.29, 0.717) is 13.0 Å². The number of halogens is 2. The molecule has 3 nitrogen and oxygen atoms in total. The molecule has 0 bridgehead atoms. The second-order valence-corrected chi connectivity index (χ2v) is 5.31. The summed E-state index contributed by atoms with van der Waals surface area (Å²) in [7, 11) is 0. The van der Waals surface area contributed by atoms with Crippen LogP contribution in [0.3, 0.4) is 0 Å². The monoisotopic (exact) mass is 271 g/mol. The molecule has 0 heterocycles. The summed E-state index contributed by atoms with van der Waals surface area (Å²) in [5.74, 6) is -5.18. The van der Waals surface area contributed by atoms with Crippen LogP contribution >= 0.6 is 0 Å². The Hall–Kier alpha value is -1.49. The van der Waals surface area contributed by atoms with Crippen molar-refractivity contribution in [3.05, 3.63) is 35.4 Å². The molecule has 0 amide bonds. The highest BCUT2D eigenvalue weighted by Gasteiger charge is 2.44. The van der Waals surface area contributed by atoms with E-state index in [0.717, 1.165) is 5.56 Å². The van der Waals surface area contributed by atoms with Crippen molar-refractivity contribution in [3.63, 3.8) is 0 Å². The minimum atomic E-state index is -3.64. The molecule has 1 aromatic rings. The number of ether oxygens (including phenoxy) is 1. The second kappa shape index (κ2) is 5.65. The number of nitrogens with two attached hydrogens (primary N) is 1. The molecule has 2 N–H and O–H groups in total. The first-order valence-corrected chi connectivity index (χ1v) is 6.07. The minimum Gasteiger partial charge on any atom is -0.455 e. The van der Waals surface area contributed by atoms with Gasteiger partial charge in [0.2, 0.25) is 0 Å². The van der Waals surface area contributed by atoms with Crippen LogP contribution in [0.5, 0.6) is 0 Å². The summed E-state index contributed by atoms with van der Waals surface area (Å²) < 4.78 is 32.5. The maximum atomic E-state index is 13.9. The zero-order chi connectivity index (χ0) is 14.7. The summed E-state index contributed by atoms with van der Waals surface area (Å²) in [6, 6.07) is 5.55. The van der Waals surface area contributed by atoms with Gasteiger partial charge in [-0.25, -0.2) is 4.79 Å². The summed E-state index contributed by atoms with van der Waals surface area (Å²) in [5, 5.41) is 0. The highest BCUT2D eigenvalue weighted by atomic mass is 19.3. The molecule has 0 unspecified atom stereocenters. The molecule has 0 atom stereocenters. The largest absolute Gasteiger partial charge is 0.455 e. The molecule has 0 aliphatic heterocycles. The first-order valence-electron chi connectivity index (χ1n) is 6.07. The molecule has 0 spiro atoms. The Labute approximate surface area is 111 Å². The van der Waals surface area contributed by atoms with Crippen molar-refractivity contribution in [2.45, 2.75) is 38.7 Å². The smallest absolute Gasteiger partial charge is 0.382 e. The normalized spacial score (nSPS) is 12.3. The predicted octanol–water partition coefficient (Wildman–Crippen LogP) is 2.62. The molecule has 0 saturated carbocycles. The molecule has 19 heavy (non-hydrogen) atoms. The second-order valence-electron chi connectivity index (χ2n) is 5.31. The van der Waals surface area contributed by atoms with E-state index in [2.05, 4.69) is 0 Å². The number of rotatable bonds is 4. The van der Waals surface area contributed by atoms with Crippen molar-refractivity contribution in [2.24, 2.45) is 5.73 Å². The number of carbonyl (C=O) groups is 1. The standard InChI is InChI=1S/C14H19F2NO2/c1-13(2,3)19-12(18)14(15,16)11-6-4-10(5-7-11)8-9-17/h4-7H,8-9,17H2,1-3H3. The Morgan fingerprint density at radius 1 is 1.21 bits per heavy atom. The fourth-order valence-electron chi connectivity index (χ4n) is 1.51. The molecule has 0 saturated heterocycles. The maximum absolute atomic E-state index is 13.9. The van der Waals surface area contributed by atoms with Gasteiger partial charge in [0.15, 0.2) is 0 Å². The van der Waals surface area contributed by atoms with Crippen LogP contribution in [0.1, 0.15) is 31.9 Å². The van der Waals surface area contributed by atoms with Crippen molar-refractivity contribution >= 4 is 5.97 Å². The third kappa shape index (κ3) is 4.28. The number of hydrogen-bond donors (Lipinski definition) is 1. The van der Waals surface area contributed by atoms with Crippen LogP contribution in [0.2, 0.25) is 0 Å². The third-order valence-electron chi connectivity index (χ3n) is 2.40. The first kappa shape index (κ1) is 15.6. The van der Waals surface area contributed by atoms with Crippen LogP contribution in [-0.2, 0) is 21.9 Å². The van der Waals surface area contributed by atoms with Gasteiger partial charge in [-0.05, 0) is 39.3 Å². The van der Waals surface area contributed by atoms with Crippen molar-refractivity contribution < 1.29 is 18.3 Å². The molecular formula is C14H19F2NO2. The maximum Gasteiger partial charge on any atom is 0.382 e. The van der Waals surface area contributed by atoms with Gasteiger partial charge in [-0.1, -0.05) is 24.3 Å². The Bertz CT molecular complexity index is 436. The molecule has 0 aliphatic carbocycles. The van der Waals surface area contributed by atoms with Crippen LogP contribution in [0.15, 0.2) is 24.3 Å². The van der Waals surface area contributed by atoms with Crippen LogP contribution in [0.4, 0.5) is 8.78 Å². The zero-order valence-electron chi connectivity index (χ0n) is 11.4. The fourth-order valence-corrected chi connectivity index (χ4v) is 1.51. The molecule has 0 aliphatic rings. The number of hydrogen-bond acceptors (Lipinski definition) is 3. The molecule has 0 radical (unpaired) electrons. The summed E-state index contributed by atoms with van der Waals surface area (Å²) in [6.45, 7) is 5.09. The SMILES string of the molecule is CC(C)(C)OC(=O)C(F)(F)c1ccc(CCN)cc1. The number of carbonyl (C=O) groups excluding carboxylic acids is 1. The summed E-state index contributed by atoms with van der Waals surface area (Å²) in [4.78, 5) is 11.5. The Kier molecular flexibility index (Phi) is 4.63. The lowest BCUT2D eigenvalue weighted by molar-refractivity contribution is -0.185. The average molecular weight is 271 g/mol. The van der Waals surface area contributed by atoms with Gasteiger partial charge in [-0.3, -0.25) is 0 Å². The molecule has 5 heteroatoms. The Balaban J connectivity index is 2.90. The topological polar surface area (TPSA) is 52.3 Å². The van der Waals surface area contributed by atoms with Gasteiger partial charge in [0.25, 0.3) is 0 Å². The fraction of sp³-hybridized carbons (Fsp3) is 0.500. The van der Waals surface area contributed by atoms with E-state index in [4.69, 9.17) is 10.5 Å². The molecular weight excluding hydrogens is 252 g/mol. The molecule has 1 rings (SSSR count). The van der Waals surface area contributed by atoms with Crippen LogP contribution < -0.4 is 5.73 Å². The van der Waals surface area contributed by atoms with E-state index in [-0.39, 0.29) is 5.56 Å². The summed E-state index contributed by atoms with van der Waals surface area (Å²) >= 11 is 0. The minimum absolute atomic E-state index is 0.373. The van der Waals surface area contributed by atoms with Gasteiger partial charge in [-0.15, -0.1) is 0 Å². The van der Waals surface area contributed by atoms with Crippen LogP contribution in [0, 0.1) is 0 Å². The summed E-state index contributed by atoms with van der Waals surface area (Å²) in [5.41, 5.74) is 4.92. The lowest BCUT2D eigenvalue weighted by Crippen LogP contribution is -2.34. The van der Waals surface area contributed by atoms with Gasteiger partial charge in [0, 0.05) is 5.56 Å². The lowest BCUT2D eigenvalue weighted by Gasteiger charge is -2.23. The van der Waals surface area contributed by atoms with Gasteiger partial charge in [0.05, 0.1) is 0 Å². The first-order chi connectivity index (χ1) is 8.66. The highest BCUT2D eigenvalue weighted by Crippen LogP contribution is 2.31. The zero-order valence-corrected chi connectivity index (χ0v) is 11.4. The van der Waals surface area contributed by atoms with E-state index in [1.54, 1.807) is 32.9 Å². The van der Waals surface area contributed by atoms with Gasteiger partial charge in [0.1, 0.15) is 5.60 Å². The molecule has 1 aromatic carbocycles. The number of alkyl halides is 2. The molecule has 0 aromatic heterocycles. The van der Waals surface area contributed by atoms with E-state index < -0.39 is 17.5 Å². The van der Waals surface area contributed by atoms with E-state index in [1.807, 2.05) is 0 Å².